The average molecular weight is 239 g/mol. The lowest BCUT2D eigenvalue weighted by Gasteiger charge is -2.19. The summed E-state index contributed by atoms with van der Waals surface area (Å²) in [7, 11) is 0. The van der Waals surface area contributed by atoms with Gasteiger partial charge in [0.1, 0.15) is 0 Å². The van der Waals surface area contributed by atoms with E-state index in [4.69, 9.17) is 0 Å². The molecule has 2 aromatic rings. The molecule has 1 atom stereocenters. The Labute approximate surface area is 110 Å². The van der Waals surface area contributed by atoms with E-state index >= 15 is 0 Å². The first-order valence-electron chi connectivity index (χ1n) is 6.65. The van der Waals surface area contributed by atoms with Gasteiger partial charge in [0.25, 0.3) is 0 Å². The summed E-state index contributed by atoms with van der Waals surface area (Å²) in [5, 5.41) is 3.65. The molecule has 0 saturated carbocycles. The predicted octanol–water partition coefficient (Wildman–Crippen LogP) is 4.43. The van der Waals surface area contributed by atoms with Crippen LogP contribution in [0.1, 0.15) is 24.5 Å². The summed E-state index contributed by atoms with van der Waals surface area (Å²) < 4.78 is 0. The molecule has 0 radical (unpaired) electrons. The standard InChI is InChI=1S/C17H21N/c1-3-16(13-15-10-5-4-6-11-15)18-17-12-8-7-9-14(17)2/h4-12,16,18H,3,13H2,1-2H3. The van der Waals surface area contributed by atoms with Crippen LogP contribution in [0.25, 0.3) is 0 Å². The van der Waals surface area contributed by atoms with Crippen molar-refractivity contribution in [3.63, 3.8) is 0 Å². The Morgan fingerprint density at radius 2 is 1.61 bits per heavy atom. The Hall–Kier alpha value is -1.76. The molecule has 94 valence electrons. The van der Waals surface area contributed by atoms with Gasteiger partial charge in [0.05, 0.1) is 0 Å². The molecule has 1 unspecified atom stereocenters. The van der Waals surface area contributed by atoms with Crippen LogP contribution in [0.4, 0.5) is 5.69 Å². The van der Waals surface area contributed by atoms with E-state index in [9.17, 15) is 0 Å². The highest BCUT2D eigenvalue weighted by Crippen LogP contribution is 2.17. The summed E-state index contributed by atoms with van der Waals surface area (Å²) in [5.41, 5.74) is 3.95. The molecule has 0 fully saturated rings. The molecule has 1 N–H and O–H groups in total. The van der Waals surface area contributed by atoms with Gasteiger partial charge >= 0.3 is 0 Å². The quantitative estimate of drug-likeness (QED) is 0.814. The van der Waals surface area contributed by atoms with Gasteiger partial charge in [0, 0.05) is 11.7 Å². The van der Waals surface area contributed by atoms with Crippen LogP contribution >= 0.6 is 0 Å². The largest absolute Gasteiger partial charge is 0.382 e. The maximum Gasteiger partial charge on any atom is 0.0372 e. The lowest BCUT2D eigenvalue weighted by atomic mass is 10.0. The number of rotatable bonds is 5. The first-order chi connectivity index (χ1) is 8.79. The Balaban J connectivity index is 2.04. The minimum Gasteiger partial charge on any atom is -0.382 e. The second kappa shape index (κ2) is 6.25. The number of aryl methyl sites for hydroxylation is 1. The maximum absolute atomic E-state index is 3.65. The lowest BCUT2D eigenvalue weighted by molar-refractivity contribution is 0.690. The van der Waals surface area contributed by atoms with Gasteiger partial charge in [0.15, 0.2) is 0 Å². The molecule has 0 aliphatic carbocycles. The molecule has 0 spiro atoms. The first-order valence-corrected chi connectivity index (χ1v) is 6.65. The zero-order chi connectivity index (χ0) is 12.8. The highest BCUT2D eigenvalue weighted by Gasteiger charge is 2.08. The van der Waals surface area contributed by atoms with Gasteiger partial charge in [-0.25, -0.2) is 0 Å². The Bertz CT molecular complexity index is 476. The monoisotopic (exact) mass is 239 g/mol. The van der Waals surface area contributed by atoms with Gasteiger partial charge in [-0.3, -0.25) is 0 Å². The zero-order valence-corrected chi connectivity index (χ0v) is 11.2. The molecule has 0 saturated heterocycles. The van der Waals surface area contributed by atoms with Crippen molar-refractivity contribution >= 4 is 5.69 Å². The van der Waals surface area contributed by atoms with E-state index in [0.717, 1.165) is 12.8 Å². The van der Waals surface area contributed by atoms with Crippen LogP contribution in [0.15, 0.2) is 54.6 Å². The molecule has 0 heterocycles. The molecule has 0 aliphatic rings. The Kier molecular flexibility index (Phi) is 4.40. The molecule has 18 heavy (non-hydrogen) atoms. The first kappa shape index (κ1) is 12.7. The van der Waals surface area contributed by atoms with E-state index in [1.807, 2.05) is 0 Å². The summed E-state index contributed by atoms with van der Waals surface area (Å²) >= 11 is 0. The topological polar surface area (TPSA) is 12.0 Å². The summed E-state index contributed by atoms with van der Waals surface area (Å²) in [6, 6.07) is 19.6. The van der Waals surface area contributed by atoms with Gasteiger partial charge in [-0.2, -0.15) is 0 Å². The highest BCUT2D eigenvalue weighted by atomic mass is 14.9. The second-order valence-corrected chi connectivity index (χ2v) is 4.75. The van der Waals surface area contributed by atoms with Gasteiger partial charge < -0.3 is 5.32 Å². The van der Waals surface area contributed by atoms with Crippen molar-refractivity contribution in [2.24, 2.45) is 0 Å². The number of para-hydroxylation sites is 1. The van der Waals surface area contributed by atoms with Crippen LogP contribution in [0.3, 0.4) is 0 Å². The fourth-order valence-electron chi connectivity index (χ4n) is 2.15. The summed E-state index contributed by atoms with van der Waals surface area (Å²) in [5.74, 6) is 0. The lowest BCUT2D eigenvalue weighted by Crippen LogP contribution is -2.21. The molecule has 0 aromatic heterocycles. The van der Waals surface area contributed by atoms with Crippen molar-refractivity contribution in [3.8, 4) is 0 Å². The third kappa shape index (κ3) is 3.36. The smallest absolute Gasteiger partial charge is 0.0372 e. The minimum absolute atomic E-state index is 0.494. The van der Waals surface area contributed by atoms with Crippen molar-refractivity contribution < 1.29 is 0 Å². The van der Waals surface area contributed by atoms with E-state index < -0.39 is 0 Å². The number of hydrogen-bond donors (Lipinski definition) is 1. The third-order valence-corrected chi connectivity index (χ3v) is 3.32. The van der Waals surface area contributed by atoms with Crippen LogP contribution in [-0.4, -0.2) is 6.04 Å². The summed E-state index contributed by atoms with van der Waals surface area (Å²) in [4.78, 5) is 0. The van der Waals surface area contributed by atoms with Crippen molar-refractivity contribution in [1.29, 1.82) is 0 Å². The fourth-order valence-corrected chi connectivity index (χ4v) is 2.15. The van der Waals surface area contributed by atoms with Gasteiger partial charge in [-0.05, 0) is 37.0 Å². The van der Waals surface area contributed by atoms with E-state index in [2.05, 4.69) is 73.8 Å². The summed E-state index contributed by atoms with van der Waals surface area (Å²) in [6.45, 7) is 4.39. The van der Waals surface area contributed by atoms with Crippen LogP contribution in [0, 0.1) is 6.92 Å². The van der Waals surface area contributed by atoms with Crippen molar-refractivity contribution in [2.75, 3.05) is 5.32 Å². The maximum atomic E-state index is 3.65. The Morgan fingerprint density at radius 3 is 2.28 bits per heavy atom. The molecular formula is C17H21N. The van der Waals surface area contributed by atoms with E-state index in [1.165, 1.54) is 16.8 Å². The molecule has 2 aromatic carbocycles. The van der Waals surface area contributed by atoms with Crippen LogP contribution in [0.5, 0.6) is 0 Å². The second-order valence-electron chi connectivity index (χ2n) is 4.75. The van der Waals surface area contributed by atoms with Gasteiger partial charge in [-0.1, -0.05) is 55.5 Å². The number of anilines is 1. The Morgan fingerprint density at radius 1 is 0.944 bits per heavy atom. The van der Waals surface area contributed by atoms with E-state index in [-0.39, 0.29) is 0 Å². The van der Waals surface area contributed by atoms with Crippen LogP contribution < -0.4 is 5.32 Å². The minimum atomic E-state index is 0.494. The van der Waals surface area contributed by atoms with Crippen molar-refractivity contribution in [3.05, 3.63) is 65.7 Å². The molecule has 1 heteroatoms. The third-order valence-electron chi connectivity index (χ3n) is 3.32. The highest BCUT2D eigenvalue weighted by molar-refractivity contribution is 5.51. The van der Waals surface area contributed by atoms with E-state index in [0.29, 0.717) is 6.04 Å². The molecule has 1 nitrogen and oxygen atoms in total. The summed E-state index contributed by atoms with van der Waals surface area (Å²) in [6.07, 6.45) is 2.20. The molecule has 0 aliphatic heterocycles. The number of benzene rings is 2. The van der Waals surface area contributed by atoms with Gasteiger partial charge in [-0.15, -0.1) is 0 Å². The van der Waals surface area contributed by atoms with Crippen LogP contribution in [-0.2, 0) is 6.42 Å². The predicted molar refractivity (Wildman–Crippen MR) is 79.0 cm³/mol. The number of nitrogens with one attached hydrogen (secondary N) is 1. The van der Waals surface area contributed by atoms with Gasteiger partial charge in [0.2, 0.25) is 0 Å². The SMILES string of the molecule is CCC(Cc1ccccc1)Nc1ccccc1C. The zero-order valence-electron chi connectivity index (χ0n) is 11.2. The molecular weight excluding hydrogens is 218 g/mol. The van der Waals surface area contributed by atoms with Crippen molar-refractivity contribution in [1.82, 2.24) is 0 Å². The van der Waals surface area contributed by atoms with E-state index in [1.54, 1.807) is 0 Å². The normalized spacial score (nSPS) is 12.1. The average Bonchev–Trinajstić information content (AvgIpc) is 2.41. The molecule has 0 bridgehead atoms. The fraction of sp³-hybridized carbons (Fsp3) is 0.294. The number of hydrogen-bond acceptors (Lipinski definition) is 1. The molecule has 2 rings (SSSR count). The van der Waals surface area contributed by atoms with Crippen LogP contribution in [0.2, 0.25) is 0 Å². The molecule has 0 amide bonds. The van der Waals surface area contributed by atoms with Crippen molar-refractivity contribution in [2.45, 2.75) is 32.7 Å².